The summed E-state index contributed by atoms with van der Waals surface area (Å²) in [5.41, 5.74) is 16.4. The fraction of sp³-hybridized carbons (Fsp3) is 0.208. The predicted octanol–water partition coefficient (Wildman–Crippen LogP) is 13.8. The van der Waals surface area contributed by atoms with Crippen molar-refractivity contribution >= 4 is 0 Å². The molecule has 0 spiro atoms. The molecule has 0 amide bonds. The van der Waals surface area contributed by atoms with Crippen LogP contribution in [0.15, 0.2) is 182 Å². The molecule has 7 rings (SSSR count). The predicted molar refractivity (Wildman–Crippen MR) is 229 cm³/mol. The van der Waals surface area contributed by atoms with E-state index in [1.165, 1.54) is 66.8 Å². The minimum atomic E-state index is 0.598. The molecule has 53 heavy (non-hydrogen) atoms. The first-order valence-corrected chi connectivity index (χ1v) is 19.4. The van der Waals surface area contributed by atoms with E-state index in [0.717, 1.165) is 32.1 Å². The highest BCUT2D eigenvalue weighted by atomic mass is 14.1. The molecule has 0 saturated heterocycles. The number of rotatable bonds is 11. The van der Waals surface area contributed by atoms with Crippen LogP contribution in [0, 0.1) is 6.92 Å². The van der Waals surface area contributed by atoms with Gasteiger partial charge in [0.2, 0.25) is 0 Å². The van der Waals surface area contributed by atoms with E-state index in [1.54, 1.807) is 0 Å². The summed E-state index contributed by atoms with van der Waals surface area (Å²) in [5, 5.41) is 0. The summed E-state index contributed by atoms with van der Waals surface area (Å²) in [5.74, 6) is 0.598. The largest absolute Gasteiger partial charge is 0.0683 e. The van der Waals surface area contributed by atoms with E-state index in [9.17, 15) is 0 Å². The maximum absolute atomic E-state index is 2.27. The van der Waals surface area contributed by atoms with E-state index in [0.29, 0.717) is 5.92 Å². The highest BCUT2D eigenvalue weighted by Crippen LogP contribution is 2.19. The summed E-state index contributed by atoms with van der Waals surface area (Å²) >= 11 is 0. The van der Waals surface area contributed by atoms with Crippen LogP contribution in [0.4, 0.5) is 0 Å². The second-order valence-corrected chi connectivity index (χ2v) is 14.2. The molecule has 0 fully saturated rings. The van der Waals surface area contributed by atoms with E-state index < -0.39 is 0 Å². The van der Waals surface area contributed by atoms with Gasteiger partial charge in [-0.15, -0.1) is 0 Å². The van der Waals surface area contributed by atoms with E-state index >= 15 is 0 Å². The lowest BCUT2D eigenvalue weighted by Gasteiger charge is -2.08. The van der Waals surface area contributed by atoms with Crippen molar-refractivity contribution in [3.05, 3.63) is 249 Å². The van der Waals surface area contributed by atoms with Crippen LogP contribution in [0.5, 0.6) is 0 Å². The van der Waals surface area contributed by atoms with Gasteiger partial charge in [-0.25, -0.2) is 0 Å². The smallest absolute Gasteiger partial charge is 0.00258 e. The lowest BCUT2D eigenvalue weighted by atomic mass is 9.97. The molecule has 0 aliphatic carbocycles. The van der Waals surface area contributed by atoms with Gasteiger partial charge in [0.1, 0.15) is 0 Å². The standard InChI is InChI=1S/C28H26.C23H24.C2H6/c1-22-7-9-24(10-8-22)20-26-15-17-28(18-16-26)21-27-13-11-25(12-14-27)19-23-5-3-2-4-6-23;1-18(2)23-14-12-22(13-15-23)17-21-10-8-20(9-11-21)16-19-6-4-3-5-7-19;1-2/h2-18H,19-21H2,1H3;3-15,18H,16-17H2,1-2H3;1-2H3. The minimum absolute atomic E-state index is 0.598. The highest BCUT2D eigenvalue weighted by Gasteiger charge is 2.03. The molecule has 0 bridgehead atoms. The molecule has 0 aliphatic rings. The van der Waals surface area contributed by atoms with Crippen molar-refractivity contribution in [2.75, 3.05) is 0 Å². The summed E-state index contributed by atoms with van der Waals surface area (Å²) in [6.07, 6.45) is 4.98. The topological polar surface area (TPSA) is 0 Å². The average Bonchev–Trinajstić information content (AvgIpc) is 3.20. The van der Waals surface area contributed by atoms with Gasteiger partial charge >= 0.3 is 0 Å². The molecular formula is C53H56. The van der Waals surface area contributed by atoms with Crippen LogP contribution < -0.4 is 0 Å². The Morgan fingerprint density at radius 1 is 0.283 bits per heavy atom. The molecule has 0 heterocycles. The average molecular weight is 693 g/mol. The summed E-state index contributed by atoms with van der Waals surface area (Å²) in [6.45, 7) is 10.6. The third-order valence-corrected chi connectivity index (χ3v) is 9.56. The molecule has 268 valence electrons. The fourth-order valence-corrected chi connectivity index (χ4v) is 6.42. The van der Waals surface area contributed by atoms with Gasteiger partial charge in [-0.05, 0) is 106 Å². The maximum atomic E-state index is 2.27. The SMILES string of the molecule is CC.CC(C)c1ccc(Cc2ccc(Cc3ccccc3)cc2)cc1.Cc1ccc(Cc2ccc(Cc3ccc(Cc4ccccc4)cc3)cc2)cc1. The summed E-state index contributed by atoms with van der Waals surface area (Å²) < 4.78 is 0. The second kappa shape index (κ2) is 20.5. The Morgan fingerprint density at radius 3 is 0.736 bits per heavy atom. The van der Waals surface area contributed by atoms with E-state index in [-0.39, 0.29) is 0 Å². The molecule has 0 saturated carbocycles. The van der Waals surface area contributed by atoms with Crippen molar-refractivity contribution in [2.45, 2.75) is 72.6 Å². The molecule has 0 nitrogen and oxygen atoms in total. The lowest BCUT2D eigenvalue weighted by molar-refractivity contribution is 0.865. The first-order chi connectivity index (χ1) is 25.9. The number of hydrogen-bond acceptors (Lipinski definition) is 0. The van der Waals surface area contributed by atoms with Crippen molar-refractivity contribution in [2.24, 2.45) is 0 Å². The quantitative estimate of drug-likeness (QED) is 0.127. The Kier molecular flexibility index (Phi) is 15.0. The van der Waals surface area contributed by atoms with Crippen molar-refractivity contribution in [3.8, 4) is 0 Å². The van der Waals surface area contributed by atoms with Crippen LogP contribution in [-0.4, -0.2) is 0 Å². The molecular weight excluding hydrogens is 637 g/mol. The van der Waals surface area contributed by atoms with Gasteiger partial charge in [0.15, 0.2) is 0 Å². The van der Waals surface area contributed by atoms with Crippen molar-refractivity contribution in [1.82, 2.24) is 0 Å². The van der Waals surface area contributed by atoms with Crippen LogP contribution in [0.1, 0.15) is 100 Å². The number of benzene rings is 7. The van der Waals surface area contributed by atoms with E-state index in [2.05, 4.69) is 203 Å². The number of hydrogen-bond donors (Lipinski definition) is 0. The van der Waals surface area contributed by atoms with Gasteiger partial charge < -0.3 is 0 Å². The molecule has 0 atom stereocenters. The Hall–Kier alpha value is -5.46. The van der Waals surface area contributed by atoms with Crippen LogP contribution in [0.25, 0.3) is 0 Å². The minimum Gasteiger partial charge on any atom is -0.0683 e. The zero-order chi connectivity index (χ0) is 37.3. The van der Waals surface area contributed by atoms with Crippen LogP contribution >= 0.6 is 0 Å². The Labute approximate surface area is 320 Å². The van der Waals surface area contributed by atoms with Gasteiger partial charge in [-0.1, -0.05) is 215 Å². The Balaban J connectivity index is 0.000000199. The van der Waals surface area contributed by atoms with Gasteiger partial charge in [0, 0.05) is 0 Å². The van der Waals surface area contributed by atoms with Gasteiger partial charge in [-0.3, -0.25) is 0 Å². The second-order valence-electron chi connectivity index (χ2n) is 14.2. The maximum Gasteiger partial charge on any atom is -0.00258 e. The molecule has 0 aliphatic heterocycles. The van der Waals surface area contributed by atoms with Crippen LogP contribution in [-0.2, 0) is 32.1 Å². The van der Waals surface area contributed by atoms with E-state index in [1.807, 2.05) is 13.8 Å². The van der Waals surface area contributed by atoms with Crippen LogP contribution in [0.2, 0.25) is 0 Å². The summed E-state index contributed by atoms with van der Waals surface area (Å²) in [4.78, 5) is 0. The van der Waals surface area contributed by atoms with E-state index in [4.69, 9.17) is 0 Å². The van der Waals surface area contributed by atoms with Gasteiger partial charge in [0.25, 0.3) is 0 Å². The van der Waals surface area contributed by atoms with Crippen LogP contribution in [0.3, 0.4) is 0 Å². The Morgan fingerprint density at radius 2 is 0.491 bits per heavy atom. The summed E-state index contributed by atoms with van der Waals surface area (Å²) in [6, 6.07) is 66.2. The molecule has 0 N–H and O–H groups in total. The van der Waals surface area contributed by atoms with Gasteiger partial charge in [0.05, 0.1) is 0 Å². The summed E-state index contributed by atoms with van der Waals surface area (Å²) in [7, 11) is 0. The molecule has 0 unspecified atom stereocenters. The molecule has 0 heteroatoms. The van der Waals surface area contributed by atoms with Gasteiger partial charge in [-0.2, -0.15) is 0 Å². The molecule has 7 aromatic carbocycles. The molecule has 0 aromatic heterocycles. The monoisotopic (exact) mass is 692 g/mol. The molecule has 7 aromatic rings. The van der Waals surface area contributed by atoms with Crippen molar-refractivity contribution in [1.29, 1.82) is 0 Å². The number of aryl methyl sites for hydroxylation is 1. The zero-order valence-corrected chi connectivity index (χ0v) is 32.4. The zero-order valence-electron chi connectivity index (χ0n) is 32.4. The highest BCUT2D eigenvalue weighted by molar-refractivity contribution is 5.36. The first-order valence-electron chi connectivity index (χ1n) is 19.4. The van der Waals surface area contributed by atoms with Crippen molar-refractivity contribution < 1.29 is 0 Å². The third-order valence-electron chi connectivity index (χ3n) is 9.56. The first kappa shape index (κ1) is 38.8. The fourth-order valence-electron chi connectivity index (χ4n) is 6.42. The Bertz CT molecular complexity index is 2020. The lowest BCUT2D eigenvalue weighted by Crippen LogP contribution is -1.93. The third kappa shape index (κ3) is 12.9. The molecule has 0 radical (unpaired) electrons. The normalized spacial score (nSPS) is 10.5. The van der Waals surface area contributed by atoms with Crippen molar-refractivity contribution in [3.63, 3.8) is 0 Å².